The van der Waals surface area contributed by atoms with Gasteiger partial charge in [0.05, 0.1) is 11.1 Å². The van der Waals surface area contributed by atoms with E-state index in [0.29, 0.717) is 5.56 Å². The van der Waals surface area contributed by atoms with Gasteiger partial charge >= 0.3 is 0 Å². The number of nitrogens with zero attached hydrogens (tertiary/aromatic N) is 3. The number of piperazine rings is 1. The van der Waals surface area contributed by atoms with E-state index in [4.69, 9.17) is 4.98 Å². The van der Waals surface area contributed by atoms with Crippen molar-refractivity contribution in [1.82, 2.24) is 9.88 Å². The number of hydrogen-bond donors (Lipinski definition) is 0. The predicted molar refractivity (Wildman–Crippen MR) is 86.3 cm³/mol. The number of carbonyl (C=O) groups excluding carboxylic acids is 1. The van der Waals surface area contributed by atoms with E-state index >= 15 is 0 Å². The Labute approximate surface area is 125 Å². The van der Waals surface area contributed by atoms with Gasteiger partial charge in [0.2, 0.25) is 0 Å². The Morgan fingerprint density at radius 1 is 1.10 bits per heavy atom. The van der Waals surface area contributed by atoms with E-state index in [1.165, 1.54) is 0 Å². The molecule has 0 radical (unpaired) electrons. The Morgan fingerprint density at radius 2 is 1.76 bits per heavy atom. The van der Waals surface area contributed by atoms with Crippen LogP contribution in [-0.4, -0.2) is 49.4 Å². The van der Waals surface area contributed by atoms with Gasteiger partial charge < -0.3 is 9.80 Å². The molecule has 1 aliphatic heterocycles. The second-order valence-corrected chi connectivity index (χ2v) is 5.90. The SMILES string of the molecule is Cc1ccc(C)c2nc(N3CCN(C)CC3)c(C=O)cc12. The van der Waals surface area contributed by atoms with Crippen LogP contribution in [0, 0.1) is 13.8 Å². The summed E-state index contributed by atoms with van der Waals surface area (Å²) in [4.78, 5) is 20.9. The summed E-state index contributed by atoms with van der Waals surface area (Å²) in [5.41, 5.74) is 4.02. The van der Waals surface area contributed by atoms with Crippen LogP contribution in [0.1, 0.15) is 21.5 Å². The number of fused-ring (bicyclic) bond motifs is 1. The van der Waals surface area contributed by atoms with Gasteiger partial charge in [-0.25, -0.2) is 4.98 Å². The fraction of sp³-hybridized carbons (Fsp3) is 0.412. The molecule has 2 aromatic rings. The molecule has 1 aromatic heterocycles. The van der Waals surface area contributed by atoms with E-state index in [2.05, 4.69) is 42.8 Å². The molecule has 4 nitrogen and oxygen atoms in total. The van der Waals surface area contributed by atoms with Gasteiger partial charge in [-0.1, -0.05) is 12.1 Å². The molecule has 0 spiro atoms. The summed E-state index contributed by atoms with van der Waals surface area (Å²) < 4.78 is 0. The Kier molecular flexibility index (Phi) is 3.64. The number of aldehydes is 1. The molecule has 0 saturated carbocycles. The second kappa shape index (κ2) is 5.45. The summed E-state index contributed by atoms with van der Waals surface area (Å²) in [5, 5.41) is 1.08. The zero-order valence-corrected chi connectivity index (χ0v) is 12.9. The van der Waals surface area contributed by atoms with Gasteiger partial charge in [0.25, 0.3) is 0 Å². The minimum Gasteiger partial charge on any atom is -0.353 e. The molecule has 1 aromatic carbocycles. The van der Waals surface area contributed by atoms with Crippen molar-refractivity contribution in [3.05, 3.63) is 34.9 Å². The van der Waals surface area contributed by atoms with Crippen LogP contribution in [0.2, 0.25) is 0 Å². The van der Waals surface area contributed by atoms with Gasteiger partial charge in [0.1, 0.15) is 5.82 Å². The molecular weight excluding hydrogens is 262 g/mol. The number of pyridine rings is 1. The topological polar surface area (TPSA) is 36.4 Å². The predicted octanol–water partition coefficient (Wildman–Crippen LogP) is 2.42. The highest BCUT2D eigenvalue weighted by Crippen LogP contribution is 2.27. The summed E-state index contributed by atoms with van der Waals surface area (Å²) in [6.07, 6.45) is 0.932. The average molecular weight is 283 g/mol. The van der Waals surface area contributed by atoms with Gasteiger partial charge in [-0.15, -0.1) is 0 Å². The molecule has 0 bridgehead atoms. The number of aromatic nitrogens is 1. The van der Waals surface area contributed by atoms with Gasteiger partial charge in [-0.2, -0.15) is 0 Å². The molecule has 2 heterocycles. The molecule has 110 valence electrons. The Balaban J connectivity index is 2.13. The summed E-state index contributed by atoms with van der Waals surface area (Å²) in [6.45, 7) is 7.98. The highest BCUT2D eigenvalue weighted by Gasteiger charge is 2.19. The molecule has 21 heavy (non-hydrogen) atoms. The summed E-state index contributed by atoms with van der Waals surface area (Å²) in [7, 11) is 2.12. The lowest BCUT2D eigenvalue weighted by atomic mass is 10.0. The number of hydrogen-bond acceptors (Lipinski definition) is 4. The first kappa shape index (κ1) is 14.0. The number of rotatable bonds is 2. The van der Waals surface area contributed by atoms with Gasteiger partial charge in [0, 0.05) is 31.6 Å². The lowest BCUT2D eigenvalue weighted by Gasteiger charge is -2.34. The van der Waals surface area contributed by atoms with Crippen LogP contribution in [0.25, 0.3) is 10.9 Å². The molecule has 0 atom stereocenters. The van der Waals surface area contributed by atoms with Crippen LogP contribution in [-0.2, 0) is 0 Å². The van der Waals surface area contributed by atoms with E-state index in [-0.39, 0.29) is 0 Å². The largest absolute Gasteiger partial charge is 0.353 e. The van der Waals surface area contributed by atoms with Crippen LogP contribution in [0.5, 0.6) is 0 Å². The molecule has 1 aliphatic rings. The van der Waals surface area contributed by atoms with Crippen molar-refractivity contribution in [1.29, 1.82) is 0 Å². The Bertz CT molecular complexity index is 688. The van der Waals surface area contributed by atoms with Crippen LogP contribution in [0.4, 0.5) is 5.82 Å². The van der Waals surface area contributed by atoms with Crippen molar-refractivity contribution in [2.24, 2.45) is 0 Å². The van der Waals surface area contributed by atoms with Crippen molar-refractivity contribution in [2.45, 2.75) is 13.8 Å². The maximum atomic E-state index is 11.5. The Hall–Kier alpha value is -1.94. The fourth-order valence-electron chi connectivity index (χ4n) is 2.90. The molecule has 3 rings (SSSR count). The van der Waals surface area contributed by atoms with E-state index in [1.807, 2.05) is 6.07 Å². The van der Waals surface area contributed by atoms with E-state index in [1.54, 1.807) is 0 Å². The molecule has 1 fully saturated rings. The fourth-order valence-corrected chi connectivity index (χ4v) is 2.90. The number of likely N-dealkylation sites (N-methyl/N-ethyl adjacent to an activating group) is 1. The smallest absolute Gasteiger partial charge is 0.153 e. The van der Waals surface area contributed by atoms with E-state index < -0.39 is 0 Å². The molecule has 1 saturated heterocycles. The van der Waals surface area contributed by atoms with E-state index in [9.17, 15) is 4.79 Å². The molecule has 0 aliphatic carbocycles. The third-order valence-corrected chi connectivity index (χ3v) is 4.34. The molecule has 0 amide bonds. The second-order valence-electron chi connectivity index (χ2n) is 5.90. The molecule has 4 heteroatoms. The van der Waals surface area contributed by atoms with Crippen LogP contribution < -0.4 is 4.90 Å². The van der Waals surface area contributed by atoms with Crippen molar-refractivity contribution in [3.8, 4) is 0 Å². The highest BCUT2D eigenvalue weighted by atomic mass is 16.1. The zero-order valence-electron chi connectivity index (χ0n) is 12.9. The van der Waals surface area contributed by atoms with Gasteiger partial charge in [-0.05, 0) is 38.1 Å². The number of benzene rings is 1. The monoisotopic (exact) mass is 283 g/mol. The van der Waals surface area contributed by atoms with Crippen LogP contribution in [0.3, 0.4) is 0 Å². The number of carbonyl (C=O) groups is 1. The first-order valence-corrected chi connectivity index (χ1v) is 7.40. The minimum absolute atomic E-state index is 0.695. The zero-order chi connectivity index (χ0) is 15.0. The third kappa shape index (κ3) is 2.51. The summed E-state index contributed by atoms with van der Waals surface area (Å²) >= 11 is 0. The Morgan fingerprint density at radius 3 is 2.43 bits per heavy atom. The van der Waals surface area contributed by atoms with Crippen molar-refractivity contribution in [3.63, 3.8) is 0 Å². The number of anilines is 1. The van der Waals surface area contributed by atoms with Crippen molar-refractivity contribution >= 4 is 23.0 Å². The standard InChI is InChI=1S/C17H21N3O/c1-12-4-5-13(2)16-15(12)10-14(11-21)17(18-16)20-8-6-19(3)7-9-20/h4-5,10-11H,6-9H2,1-3H3. The molecule has 0 N–H and O–H groups in total. The number of aryl methyl sites for hydroxylation is 2. The highest BCUT2D eigenvalue weighted by molar-refractivity contribution is 5.94. The van der Waals surface area contributed by atoms with Crippen molar-refractivity contribution < 1.29 is 4.79 Å². The van der Waals surface area contributed by atoms with Crippen LogP contribution >= 0.6 is 0 Å². The van der Waals surface area contributed by atoms with Gasteiger partial charge in [0.15, 0.2) is 6.29 Å². The normalized spacial score (nSPS) is 16.4. The minimum atomic E-state index is 0.695. The molecule has 0 unspecified atom stereocenters. The molecular formula is C17H21N3O. The third-order valence-electron chi connectivity index (χ3n) is 4.34. The summed E-state index contributed by atoms with van der Waals surface area (Å²) in [5.74, 6) is 0.833. The lowest BCUT2D eigenvalue weighted by Crippen LogP contribution is -2.45. The van der Waals surface area contributed by atoms with E-state index in [0.717, 1.165) is 60.3 Å². The first-order chi connectivity index (χ1) is 10.1. The quantitative estimate of drug-likeness (QED) is 0.793. The average Bonchev–Trinajstić information content (AvgIpc) is 2.51. The van der Waals surface area contributed by atoms with Crippen LogP contribution in [0.15, 0.2) is 18.2 Å². The van der Waals surface area contributed by atoms with Crippen molar-refractivity contribution in [2.75, 3.05) is 38.1 Å². The maximum Gasteiger partial charge on any atom is 0.153 e. The maximum absolute atomic E-state index is 11.5. The lowest BCUT2D eigenvalue weighted by molar-refractivity contribution is 0.112. The first-order valence-electron chi connectivity index (χ1n) is 7.40. The summed E-state index contributed by atoms with van der Waals surface area (Å²) in [6, 6.07) is 6.17. The van der Waals surface area contributed by atoms with Gasteiger partial charge in [-0.3, -0.25) is 4.79 Å².